The van der Waals surface area contributed by atoms with Crippen LogP contribution in [0.3, 0.4) is 0 Å². The molecule has 3 aliphatic heterocycles. The summed E-state index contributed by atoms with van der Waals surface area (Å²) in [5, 5.41) is 7.31. The Balaban J connectivity index is 1.04. The summed E-state index contributed by atoms with van der Waals surface area (Å²) < 4.78 is 12.1. The molecule has 0 bridgehead atoms. The van der Waals surface area contributed by atoms with Gasteiger partial charge >= 0.3 is 0 Å². The minimum atomic E-state index is -0.196. The molecule has 11 aromatic carbocycles. The molecule has 7 heteroatoms. The first kappa shape index (κ1) is 57.2. The highest BCUT2D eigenvalue weighted by atomic mass is 16.3. The number of anilines is 9. The quantitative estimate of drug-likeness (QED) is 0.161. The van der Waals surface area contributed by atoms with Gasteiger partial charge in [0, 0.05) is 78.2 Å². The van der Waals surface area contributed by atoms with Gasteiger partial charge in [0.1, 0.15) is 11.2 Å². The second-order valence-corrected chi connectivity index (χ2v) is 32.0. The van der Waals surface area contributed by atoms with Crippen molar-refractivity contribution in [2.45, 2.75) is 131 Å². The highest BCUT2D eigenvalue weighted by molar-refractivity contribution is 7.00. The van der Waals surface area contributed by atoms with Crippen molar-refractivity contribution in [2.24, 2.45) is 0 Å². The zero-order valence-electron chi connectivity index (χ0n) is 56.4. The topological polar surface area (TPSA) is 32.7 Å². The van der Waals surface area contributed by atoms with Crippen LogP contribution in [-0.2, 0) is 27.1 Å². The van der Waals surface area contributed by atoms with Gasteiger partial charge in [-0.05, 0) is 193 Å². The second-order valence-electron chi connectivity index (χ2n) is 32.0. The molecule has 0 aliphatic carbocycles. The number of hydrogen-bond donors (Lipinski definition) is 0. The lowest BCUT2D eigenvalue weighted by atomic mass is 9.33. The molecule has 458 valence electrons. The van der Waals surface area contributed by atoms with E-state index < -0.39 is 0 Å². The maximum atomic E-state index is 6.91. The van der Waals surface area contributed by atoms with Gasteiger partial charge in [-0.25, -0.2) is 0 Å². The zero-order chi connectivity index (χ0) is 64.3. The molecule has 0 atom stereocenters. The molecule has 6 nitrogen and oxygen atoms in total. The molecule has 0 radical (unpaired) electrons. The smallest absolute Gasteiger partial charge is 0.252 e. The van der Waals surface area contributed by atoms with E-state index >= 15 is 0 Å². The number of nitrogens with zero attached hydrogens (tertiary/aromatic N) is 5. The van der Waals surface area contributed by atoms with E-state index in [2.05, 4.69) is 340 Å². The summed E-state index contributed by atoms with van der Waals surface area (Å²) in [7, 11) is 0. The summed E-state index contributed by atoms with van der Waals surface area (Å²) in [5.41, 5.74) is 28.9. The van der Waals surface area contributed by atoms with E-state index in [0.717, 1.165) is 67.4 Å². The normalized spacial score (nSPS) is 13.9. The molecule has 14 aromatic rings. The lowest BCUT2D eigenvalue weighted by molar-refractivity contribution is 0.590. The fraction of sp³-hybridized carbons (Fsp3) is 0.233. The molecule has 3 aliphatic rings. The number of furan rings is 1. The third kappa shape index (κ3) is 8.60. The van der Waals surface area contributed by atoms with E-state index in [4.69, 9.17) is 4.42 Å². The molecular weight excluding hydrogens is 1130 g/mol. The van der Waals surface area contributed by atoms with Crippen molar-refractivity contribution in [3.63, 3.8) is 0 Å². The number of aromatic nitrogens is 2. The lowest BCUT2D eigenvalue weighted by Gasteiger charge is -2.47. The summed E-state index contributed by atoms with van der Waals surface area (Å²) in [5.74, 6) is 0. The first-order valence-corrected chi connectivity index (χ1v) is 33.4. The summed E-state index contributed by atoms with van der Waals surface area (Å²) in [6, 6.07) is 81.6. The summed E-state index contributed by atoms with van der Waals surface area (Å²) in [6.07, 6.45) is 0. The van der Waals surface area contributed by atoms with Crippen LogP contribution in [-0.4, -0.2) is 15.8 Å². The Morgan fingerprint density at radius 3 is 1.38 bits per heavy atom. The van der Waals surface area contributed by atoms with Gasteiger partial charge < -0.3 is 28.3 Å². The maximum Gasteiger partial charge on any atom is 0.252 e. The largest absolute Gasteiger partial charge is 0.456 e. The molecule has 0 spiro atoms. The average molecular weight is 1210 g/mol. The van der Waals surface area contributed by atoms with Gasteiger partial charge in [-0.1, -0.05) is 189 Å². The number of para-hydroxylation sites is 3. The van der Waals surface area contributed by atoms with Crippen LogP contribution in [0.4, 0.5) is 51.2 Å². The molecular formula is C86H80BN5O. The molecule has 3 aromatic heterocycles. The fourth-order valence-electron chi connectivity index (χ4n) is 15.6. The minimum absolute atomic E-state index is 0.0362. The van der Waals surface area contributed by atoms with Crippen LogP contribution < -0.4 is 31.1 Å². The van der Waals surface area contributed by atoms with E-state index in [1.165, 1.54) is 105 Å². The molecule has 0 fully saturated rings. The molecule has 17 rings (SSSR count). The monoisotopic (exact) mass is 1210 g/mol. The van der Waals surface area contributed by atoms with Crippen LogP contribution in [0.15, 0.2) is 217 Å². The van der Waals surface area contributed by atoms with Gasteiger partial charge in [-0.2, -0.15) is 0 Å². The third-order valence-electron chi connectivity index (χ3n) is 20.7. The van der Waals surface area contributed by atoms with E-state index in [0.29, 0.717) is 0 Å². The Kier molecular flexibility index (Phi) is 12.0. The Bertz CT molecular complexity index is 5380. The highest BCUT2D eigenvalue weighted by Gasteiger charge is 2.48. The predicted octanol–water partition coefficient (Wildman–Crippen LogP) is 22.1. The summed E-state index contributed by atoms with van der Waals surface area (Å²) in [4.78, 5) is 7.77. The van der Waals surface area contributed by atoms with Crippen LogP contribution in [0.5, 0.6) is 0 Å². The van der Waals surface area contributed by atoms with Crippen molar-refractivity contribution in [3.05, 3.63) is 240 Å². The zero-order valence-corrected chi connectivity index (χ0v) is 56.4. The van der Waals surface area contributed by atoms with Gasteiger partial charge in [-0.3, -0.25) is 0 Å². The summed E-state index contributed by atoms with van der Waals surface area (Å²) in [6.45, 7) is 35.1. The van der Waals surface area contributed by atoms with Crippen LogP contribution >= 0.6 is 0 Å². The van der Waals surface area contributed by atoms with Crippen molar-refractivity contribution in [1.29, 1.82) is 0 Å². The van der Waals surface area contributed by atoms with E-state index in [1.54, 1.807) is 0 Å². The lowest BCUT2D eigenvalue weighted by Crippen LogP contribution is -2.62. The standard InChI is InChI=1S/C86H80BN5O/c1-82(2,3)51-30-37-69-63(40-51)64-41-52(83(4,5)6)31-38-70(64)89(69)58-34-36-67-72(47-58)90(59-33-35-62-61-28-22-23-29-77(61)93-78(62)50-59)73-48-60(88(56-24-18-16-19-25-56)57-26-20-17-21-27-57)49-74-79(73)87(67)68-44-55(86(13,14)15)46-76-81(68)92(74)75-45-54(85(10,11)12)43-66-65-42-53(84(7,8)9)32-39-71(65)91(76)80(66)75/h16-50H,1-15H3. The SMILES string of the molecule is CC(C)(C)c1cc2c3c(c1)-n1c4ccc(C(C)(C)C)cc4c4cc(C(C)(C)C)cc(c41)N3c1cc(N(c3ccccc3)c3ccccc3)cc3c1B2c1ccc(-n2c4ccc(C(C)(C)C)cc4c4cc(C(C)(C)C)ccc42)cc1N3c1ccc2c(c1)oc1ccccc12. The molecule has 0 unspecified atom stereocenters. The number of fused-ring (bicyclic) bond motifs is 15. The van der Waals surface area contributed by atoms with Crippen LogP contribution in [0.1, 0.15) is 132 Å². The van der Waals surface area contributed by atoms with Crippen molar-refractivity contribution < 1.29 is 4.42 Å². The van der Waals surface area contributed by atoms with Gasteiger partial charge in [0.25, 0.3) is 6.71 Å². The highest BCUT2D eigenvalue weighted by Crippen LogP contribution is 2.56. The van der Waals surface area contributed by atoms with Crippen molar-refractivity contribution in [2.75, 3.05) is 14.7 Å². The second kappa shape index (κ2) is 19.4. The number of benzene rings is 11. The Morgan fingerprint density at radius 1 is 0.312 bits per heavy atom. The van der Waals surface area contributed by atoms with Gasteiger partial charge in [0.2, 0.25) is 0 Å². The molecule has 0 N–H and O–H groups in total. The van der Waals surface area contributed by atoms with Gasteiger partial charge in [0.05, 0.1) is 44.8 Å². The van der Waals surface area contributed by atoms with Crippen molar-refractivity contribution in [1.82, 2.24) is 9.13 Å². The van der Waals surface area contributed by atoms with Crippen LogP contribution in [0, 0.1) is 0 Å². The van der Waals surface area contributed by atoms with Crippen LogP contribution in [0.2, 0.25) is 0 Å². The predicted molar refractivity (Wildman–Crippen MR) is 398 cm³/mol. The first-order valence-electron chi connectivity index (χ1n) is 33.4. The molecule has 0 saturated carbocycles. The van der Waals surface area contributed by atoms with E-state index in [1.807, 2.05) is 0 Å². The average Bonchev–Trinajstić information content (AvgIpc) is 1.67. The molecule has 0 amide bonds. The fourth-order valence-corrected chi connectivity index (χ4v) is 15.6. The Hall–Kier alpha value is -9.72. The Morgan fingerprint density at radius 2 is 0.796 bits per heavy atom. The van der Waals surface area contributed by atoms with Gasteiger partial charge in [-0.15, -0.1) is 0 Å². The van der Waals surface area contributed by atoms with Crippen LogP contribution in [0.25, 0.3) is 76.9 Å². The van der Waals surface area contributed by atoms with Crippen molar-refractivity contribution in [3.8, 4) is 11.4 Å². The molecule has 6 heterocycles. The third-order valence-corrected chi connectivity index (χ3v) is 20.7. The molecule has 93 heavy (non-hydrogen) atoms. The van der Waals surface area contributed by atoms with E-state index in [9.17, 15) is 0 Å². The number of rotatable bonds is 5. The minimum Gasteiger partial charge on any atom is -0.456 e. The van der Waals surface area contributed by atoms with E-state index in [-0.39, 0.29) is 33.8 Å². The number of hydrogen-bond acceptors (Lipinski definition) is 4. The molecule has 0 saturated heterocycles. The van der Waals surface area contributed by atoms with Crippen molar-refractivity contribution >= 4 is 140 Å². The summed E-state index contributed by atoms with van der Waals surface area (Å²) >= 11 is 0. The first-order chi connectivity index (χ1) is 44.3. The maximum absolute atomic E-state index is 6.91. The van der Waals surface area contributed by atoms with Gasteiger partial charge in [0.15, 0.2) is 0 Å². The Labute approximate surface area is 547 Å².